The lowest BCUT2D eigenvalue weighted by Gasteiger charge is -2.34. The van der Waals surface area contributed by atoms with Crippen LogP contribution in [0.25, 0.3) is 0 Å². The maximum Gasteiger partial charge on any atom is 0.416 e. The highest BCUT2D eigenvalue weighted by Crippen LogP contribution is 2.34. The minimum absolute atomic E-state index is 0.129. The average molecular weight is 626 g/mol. The smallest absolute Gasteiger partial charge is 0.416 e. The summed E-state index contributed by atoms with van der Waals surface area (Å²) in [5.41, 5.74) is 0.184. The Kier molecular flexibility index (Phi) is 9.40. The minimum Gasteiger partial charge on any atom is -0.497 e. The van der Waals surface area contributed by atoms with Crippen molar-refractivity contribution >= 4 is 41.0 Å². The van der Waals surface area contributed by atoms with Crippen LogP contribution in [0.1, 0.15) is 53.6 Å². The zero-order chi connectivity index (χ0) is 32.1. The lowest BCUT2D eigenvalue weighted by molar-refractivity contribution is -0.137. The van der Waals surface area contributed by atoms with Crippen LogP contribution in [0.4, 0.5) is 41.1 Å². The molecule has 11 nitrogen and oxygen atoms in total. The molecule has 2 aliphatic heterocycles. The number of rotatable bonds is 9. The van der Waals surface area contributed by atoms with E-state index in [1.165, 1.54) is 35.1 Å². The van der Waals surface area contributed by atoms with Gasteiger partial charge in [0.05, 0.1) is 24.9 Å². The van der Waals surface area contributed by atoms with Crippen molar-refractivity contribution in [3.63, 3.8) is 0 Å². The van der Waals surface area contributed by atoms with Crippen LogP contribution in [0.15, 0.2) is 48.7 Å². The maximum atomic E-state index is 13.5. The van der Waals surface area contributed by atoms with Crippen LogP contribution in [0.5, 0.6) is 5.75 Å². The van der Waals surface area contributed by atoms with Gasteiger partial charge in [0.2, 0.25) is 11.9 Å². The summed E-state index contributed by atoms with van der Waals surface area (Å²) in [6, 6.07) is 8.37. The zero-order valence-corrected chi connectivity index (χ0v) is 25.0. The molecule has 0 unspecified atom stereocenters. The fraction of sp³-hybridized carbons (Fsp3) is 0.387. The number of anilines is 4. The molecule has 3 heterocycles. The van der Waals surface area contributed by atoms with Crippen LogP contribution in [0.2, 0.25) is 0 Å². The second-order valence-corrected chi connectivity index (χ2v) is 10.9. The molecular formula is C31H34F3N7O4. The number of nitrogens with one attached hydrogen (secondary N) is 2. The monoisotopic (exact) mass is 625 g/mol. The molecular weight excluding hydrogens is 591 g/mol. The second kappa shape index (κ2) is 13.4. The first kappa shape index (κ1) is 31.5. The summed E-state index contributed by atoms with van der Waals surface area (Å²) in [7, 11) is 3.01. The van der Waals surface area contributed by atoms with Crippen molar-refractivity contribution in [2.45, 2.75) is 44.8 Å². The lowest BCUT2D eigenvalue weighted by atomic mass is 10.1. The van der Waals surface area contributed by atoms with Gasteiger partial charge in [-0.05, 0) is 43.5 Å². The van der Waals surface area contributed by atoms with E-state index in [2.05, 4.69) is 20.6 Å². The quantitative estimate of drug-likeness (QED) is 0.300. The Morgan fingerprint density at radius 3 is 2.69 bits per heavy atom. The molecule has 1 aromatic heterocycles. The van der Waals surface area contributed by atoms with Crippen molar-refractivity contribution in [1.29, 1.82) is 0 Å². The molecule has 1 fully saturated rings. The third-order valence-electron chi connectivity index (χ3n) is 7.71. The third kappa shape index (κ3) is 7.44. The average Bonchev–Trinajstić information content (AvgIpc) is 3.24. The number of methoxy groups -OCH3 is 1. The number of halogens is 3. The Morgan fingerprint density at radius 1 is 1.09 bits per heavy atom. The number of nitrogens with zero attached hydrogens (tertiary/aromatic N) is 5. The molecule has 0 bridgehead atoms. The first-order valence-corrected chi connectivity index (χ1v) is 14.6. The van der Waals surface area contributed by atoms with E-state index in [9.17, 15) is 27.6 Å². The summed E-state index contributed by atoms with van der Waals surface area (Å²) in [4.78, 5) is 52.3. The molecule has 0 radical (unpaired) electrons. The summed E-state index contributed by atoms with van der Waals surface area (Å²) < 4.78 is 44.8. The van der Waals surface area contributed by atoms with Gasteiger partial charge in [0, 0.05) is 68.2 Å². The van der Waals surface area contributed by atoms with Gasteiger partial charge in [0.25, 0.3) is 5.91 Å². The standard InChI is InChI=1S/C31H34F3N7O4/c1-39-27-21(18-36-29(38-27)35-11-7-13-40-12-5-3-4-10-26(40)42)19-41(30(39)44)24-15-23(16-25(17-24)45-2)37-28(43)20-8-6-9-22(14-20)31(32,33)34/h6,8-9,14-18H,3-5,7,10-13,19H2,1-2H3,(H,37,43)(H,35,36,38). The largest absolute Gasteiger partial charge is 0.497 e. The molecule has 0 aliphatic carbocycles. The summed E-state index contributed by atoms with van der Waals surface area (Å²) in [6.07, 6.45) is 1.42. The first-order valence-electron chi connectivity index (χ1n) is 14.6. The molecule has 2 aliphatic rings. The fourth-order valence-corrected chi connectivity index (χ4v) is 5.31. The van der Waals surface area contributed by atoms with Crippen LogP contribution < -0.4 is 25.2 Å². The zero-order valence-electron chi connectivity index (χ0n) is 25.0. The first-order chi connectivity index (χ1) is 21.5. The van der Waals surface area contributed by atoms with Gasteiger partial charge in [-0.25, -0.2) is 9.78 Å². The van der Waals surface area contributed by atoms with Gasteiger partial charge >= 0.3 is 12.2 Å². The molecule has 0 atom stereocenters. The molecule has 14 heteroatoms. The Balaban J connectivity index is 1.27. The number of urea groups is 1. The molecule has 45 heavy (non-hydrogen) atoms. The molecule has 4 amide bonds. The van der Waals surface area contributed by atoms with Gasteiger partial charge in [0.15, 0.2) is 0 Å². The highest BCUT2D eigenvalue weighted by atomic mass is 19.4. The van der Waals surface area contributed by atoms with Gasteiger partial charge in [-0.15, -0.1) is 0 Å². The molecule has 5 rings (SSSR count). The number of amides is 4. The summed E-state index contributed by atoms with van der Waals surface area (Å²) >= 11 is 0. The number of hydrogen-bond donors (Lipinski definition) is 2. The van der Waals surface area contributed by atoms with Crippen LogP contribution >= 0.6 is 0 Å². The van der Waals surface area contributed by atoms with Gasteiger partial charge in [-0.1, -0.05) is 12.5 Å². The summed E-state index contributed by atoms with van der Waals surface area (Å²) in [5, 5.41) is 5.78. The number of carbonyl (C=O) groups excluding carboxylic acids is 3. The predicted molar refractivity (Wildman–Crippen MR) is 163 cm³/mol. The number of likely N-dealkylation sites (tertiary alicyclic amines) is 1. The number of alkyl halides is 3. The molecule has 0 spiro atoms. The number of aromatic nitrogens is 2. The Hall–Kier alpha value is -4.88. The Morgan fingerprint density at radius 2 is 1.91 bits per heavy atom. The van der Waals surface area contributed by atoms with Crippen LogP contribution in [-0.4, -0.2) is 66.5 Å². The third-order valence-corrected chi connectivity index (χ3v) is 7.71. The van der Waals surface area contributed by atoms with Crippen molar-refractivity contribution in [2.24, 2.45) is 0 Å². The highest BCUT2D eigenvalue weighted by molar-refractivity contribution is 6.07. The lowest BCUT2D eigenvalue weighted by Crippen LogP contribution is -2.46. The topological polar surface area (TPSA) is 120 Å². The fourth-order valence-electron chi connectivity index (χ4n) is 5.31. The Bertz CT molecular complexity index is 1580. The van der Waals surface area contributed by atoms with Crippen molar-refractivity contribution in [3.05, 3.63) is 65.4 Å². The number of benzene rings is 2. The van der Waals surface area contributed by atoms with E-state index in [1.54, 1.807) is 19.3 Å². The molecule has 1 saturated heterocycles. The molecule has 2 aromatic carbocycles. The van der Waals surface area contributed by atoms with Gasteiger partial charge < -0.3 is 20.3 Å². The van der Waals surface area contributed by atoms with E-state index in [1.807, 2.05) is 4.90 Å². The highest BCUT2D eigenvalue weighted by Gasteiger charge is 2.32. The van der Waals surface area contributed by atoms with Crippen LogP contribution in [-0.2, 0) is 17.5 Å². The second-order valence-electron chi connectivity index (χ2n) is 10.9. The van der Waals surface area contributed by atoms with E-state index in [4.69, 9.17) is 4.74 Å². The van der Waals surface area contributed by atoms with Crippen molar-refractivity contribution in [1.82, 2.24) is 14.9 Å². The van der Waals surface area contributed by atoms with Crippen LogP contribution in [0.3, 0.4) is 0 Å². The van der Waals surface area contributed by atoms with E-state index in [0.29, 0.717) is 48.3 Å². The van der Waals surface area contributed by atoms with Gasteiger partial charge in [-0.2, -0.15) is 18.2 Å². The number of carbonyl (C=O) groups is 3. The Labute approximate surface area is 258 Å². The van der Waals surface area contributed by atoms with Crippen LogP contribution in [0, 0.1) is 0 Å². The molecule has 2 N–H and O–H groups in total. The SMILES string of the molecule is COc1cc(NC(=O)c2cccc(C(F)(F)F)c2)cc(N2Cc3cnc(NCCCN4CCCCCC4=O)nc3N(C)C2=O)c1. The summed E-state index contributed by atoms with van der Waals surface area (Å²) in [5.74, 6) is 0.580. The van der Waals surface area contributed by atoms with E-state index < -0.39 is 23.7 Å². The van der Waals surface area contributed by atoms with Crippen molar-refractivity contribution in [3.8, 4) is 5.75 Å². The number of fused-ring (bicyclic) bond motifs is 1. The molecule has 0 saturated carbocycles. The van der Waals surface area contributed by atoms with Crippen molar-refractivity contribution in [2.75, 3.05) is 54.2 Å². The predicted octanol–water partition coefficient (Wildman–Crippen LogP) is 5.54. The number of hydrogen-bond acceptors (Lipinski definition) is 7. The summed E-state index contributed by atoms with van der Waals surface area (Å²) in [6.45, 7) is 2.14. The number of ether oxygens (including phenoxy) is 1. The van der Waals surface area contributed by atoms with Gasteiger partial charge in [-0.3, -0.25) is 19.4 Å². The molecule has 238 valence electrons. The van der Waals surface area contributed by atoms with E-state index in [0.717, 1.165) is 50.4 Å². The van der Waals surface area contributed by atoms with Gasteiger partial charge in [0.1, 0.15) is 11.6 Å². The normalized spacial score (nSPS) is 15.4. The van der Waals surface area contributed by atoms with E-state index >= 15 is 0 Å². The van der Waals surface area contributed by atoms with Crippen molar-refractivity contribution < 1.29 is 32.3 Å². The van der Waals surface area contributed by atoms with E-state index in [-0.39, 0.29) is 23.7 Å². The maximum absolute atomic E-state index is 13.5. The molecule has 3 aromatic rings. The minimum atomic E-state index is -4.59.